The fourth-order valence-corrected chi connectivity index (χ4v) is 5.85. The van der Waals surface area contributed by atoms with Crippen molar-refractivity contribution >= 4 is 22.9 Å². The largest absolute Gasteiger partial charge is 0.387 e. The highest BCUT2D eigenvalue weighted by molar-refractivity contribution is 5.84. The van der Waals surface area contributed by atoms with E-state index in [1.807, 2.05) is 43.3 Å². The Balaban J connectivity index is 1.23. The summed E-state index contributed by atoms with van der Waals surface area (Å²) in [6.45, 7) is 4.67. The summed E-state index contributed by atoms with van der Waals surface area (Å²) in [5.74, 6) is 1.24. The van der Waals surface area contributed by atoms with Gasteiger partial charge in [0.25, 0.3) is 0 Å². The van der Waals surface area contributed by atoms with Crippen molar-refractivity contribution in [1.29, 1.82) is 0 Å². The summed E-state index contributed by atoms with van der Waals surface area (Å²) in [6, 6.07) is 20.9. The third-order valence-electron chi connectivity index (χ3n) is 8.21. The zero-order valence-electron chi connectivity index (χ0n) is 24.2. The van der Waals surface area contributed by atoms with Crippen molar-refractivity contribution in [2.45, 2.75) is 56.4 Å². The lowest BCUT2D eigenvalue weighted by molar-refractivity contribution is -0.0384. The molecular formula is C30H35N11O3. The number of hydrogen-bond acceptors (Lipinski definition) is 12. The van der Waals surface area contributed by atoms with Crippen molar-refractivity contribution in [2.75, 3.05) is 30.3 Å². The lowest BCUT2D eigenvalue weighted by Crippen LogP contribution is -2.29. The summed E-state index contributed by atoms with van der Waals surface area (Å²) in [5, 5.41) is 44.6. The average molecular weight is 598 g/mol. The number of aromatic nitrogens is 8. The number of nitrogens with zero attached hydrogens (tertiary/aromatic N) is 8. The molecule has 5 N–H and O–H groups in total. The molecule has 0 amide bonds. The first-order valence-corrected chi connectivity index (χ1v) is 14.9. The van der Waals surface area contributed by atoms with Crippen molar-refractivity contribution in [3.05, 3.63) is 83.9 Å². The highest BCUT2D eigenvalue weighted by atomic mass is 16.6. The molecule has 5 atom stereocenters. The monoisotopic (exact) mass is 597 g/mol. The van der Waals surface area contributed by atoms with Crippen LogP contribution in [0.1, 0.15) is 48.5 Å². The SMILES string of the molecule is CCn1nnc(C2OC(n3cnc4c(NCC(c5ccccc5)c5ccccc5)nc(NC5CCNC5)nc43)C(O)C2O)n1. The molecule has 3 aromatic heterocycles. The van der Waals surface area contributed by atoms with Crippen LogP contribution in [0, 0.1) is 0 Å². The van der Waals surface area contributed by atoms with Crippen LogP contribution in [-0.2, 0) is 11.3 Å². The molecule has 2 saturated heterocycles. The van der Waals surface area contributed by atoms with Crippen LogP contribution in [0.5, 0.6) is 0 Å². The minimum absolute atomic E-state index is 0.0554. The van der Waals surface area contributed by atoms with Gasteiger partial charge in [0.1, 0.15) is 12.2 Å². The van der Waals surface area contributed by atoms with Crippen LogP contribution < -0.4 is 16.0 Å². The molecule has 0 radical (unpaired) electrons. The topological polar surface area (TPSA) is 173 Å². The second-order valence-corrected chi connectivity index (χ2v) is 11.1. The molecule has 2 aliphatic heterocycles. The van der Waals surface area contributed by atoms with Crippen LogP contribution in [-0.4, -0.2) is 87.8 Å². The molecule has 0 bridgehead atoms. The fourth-order valence-electron chi connectivity index (χ4n) is 5.85. The van der Waals surface area contributed by atoms with Crippen molar-refractivity contribution in [1.82, 2.24) is 45.0 Å². The maximum Gasteiger partial charge on any atom is 0.227 e. The molecule has 14 heteroatoms. The number of nitrogens with one attached hydrogen (secondary N) is 3. The molecule has 7 rings (SSSR count). The minimum Gasteiger partial charge on any atom is -0.387 e. The number of hydrogen-bond donors (Lipinski definition) is 5. The van der Waals surface area contributed by atoms with Crippen molar-refractivity contribution < 1.29 is 14.9 Å². The average Bonchev–Trinajstić information content (AvgIpc) is 3.87. The maximum atomic E-state index is 11.1. The number of aryl methyl sites for hydroxylation is 1. The van der Waals surface area contributed by atoms with E-state index in [2.05, 4.69) is 60.6 Å². The fraction of sp³-hybridized carbons (Fsp3) is 0.400. The first-order valence-electron chi connectivity index (χ1n) is 14.9. The van der Waals surface area contributed by atoms with E-state index in [1.54, 1.807) is 10.9 Å². The Kier molecular flexibility index (Phi) is 7.87. The zero-order valence-corrected chi connectivity index (χ0v) is 24.2. The van der Waals surface area contributed by atoms with Gasteiger partial charge in [0.2, 0.25) is 11.8 Å². The van der Waals surface area contributed by atoms with Gasteiger partial charge in [-0.05, 0) is 36.2 Å². The van der Waals surface area contributed by atoms with Crippen LogP contribution in [0.25, 0.3) is 11.2 Å². The van der Waals surface area contributed by atoms with E-state index in [0.717, 1.165) is 19.5 Å². The highest BCUT2D eigenvalue weighted by Gasteiger charge is 2.47. The van der Waals surface area contributed by atoms with Gasteiger partial charge >= 0.3 is 0 Å². The van der Waals surface area contributed by atoms with Gasteiger partial charge in [-0.25, -0.2) is 4.98 Å². The number of rotatable bonds is 10. The van der Waals surface area contributed by atoms with Gasteiger partial charge in [0, 0.05) is 25.0 Å². The molecule has 44 heavy (non-hydrogen) atoms. The number of ether oxygens (including phenoxy) is 1. The number of imidazole rings is 1. The molecule has 0 spiro atoms. The summed E-state index contributed by atoms with van der Waals surface area (Å²) >= 11 is 0. The Hall–Kier alpha value is -4.50. The molecular weight excluding hydrogens is 562 g/mol. The summed E-state index contributed by atoms with van der Waals surface area (Å²) in [6.07, 6.45) is -2.02. The summed E-state index contributed by atoms with van der Waals surface area (Å²) in [4.78, 5) is 15.7. The second kappa shape index (κ2) is 12.2. The minimum atomic E-state index is -1.28. The molecule has 0 aliphatic carbocycles. The predicted octanol–water partition coefficient (Wildman–Crippen LogP) is 1.84. The van der Waals surface area contributed by atoms with Gasteiger partial charge < -0.3 is 30.9 Å². The smallest absolute Gasteiger partial charge is 0.227 e. The second-order valence-electron chi connectivity index (χ2n) is 11.1. The molecule has 2 fully saturated rings. The van der Waals surface area contributed by atoms with Gasteiger partial charge in [-0.3, -0.25) is 4.57 Å². The lowest BCUT2D eigenvalue weighted by atomic mass is 9.91. The van der Waals surface area contributed by atoms with Crippen LogP contribution in [0.2, 0.25) is 0 Å². The molecule has 5 unspecified atom stereocenters. The van der Waals surface area contributed by atoms with E-state index in [0.29, 0.717) is 36.0 Å². The Morgan fingerprint density at radius 3 is 2.43 bits per heavy atom. The van der Waals surface area contributed by atoms with Crippen LogP contribution in [0.4, 0.5) is 11.8 Å². The van der Waals surface area contributed by atoms with Gasteiger partial charge in [0.05, 0.1) is 12.9 Å². The Bertz CT molecular complexity index is 1650. The van der Waals surface area contributed by atoms with E-state index in [-0.39, 0.29) is 17.8 Å². The maximum absolute atomic E-state index is 11.1. The number of aliphatic hydroxyl groups excluding tert-OH is 2. The molecule has 5 heterocycles. The van der Waals surface area contributed by atoms with Gasteiger partial charge in [0.15, 0.2) is 29.3 Å². The van der Waals surface area contributed by atoms with Crippen molar-refractivity contribution in [3.8, 4) is 0 Å². The number of fused-ring (bicyclic) bond motifs is 1. The molecule has 14 nitrogen and oxygen atoms in total. The van der Waals surface area contributed by atoms with Crippen molar-refractivity contribution in [3.63, 3.8) is 0 Å². The Morgan fingerprint density at radius 2 is 1.77 bits per heavy atom. The van der Waals surface area contributed by atoms with Crippen LogP contribution >= 0.6 is 0 Å². The van der Waals surface area contributed by atoms with Crippen LogP contribution in [0.15, 0.2) is 67.0 Å². The van der Waals surface area contributed by atoms with E-state index < -0.39 is 24.5 Å². The summed E-state index contributed by atoms with van der Waals surface area (Å²) in [7, 11) is 0. The first kappa shape index (κ1) is 28.3. The summed E-state index contributed by atoms with van der Waals surface area (Å²) in [5.41, 5.74) is 3.32. The third-order valence-corrected chi connectivity index (χ3v) is 8.21. The summed E-state index contributed by atoms with van der Waals surface area (Å²) < 4.78 is 7.77. The Morgan fingerprint density at radius 1 is 1.02 bits per heavy atom. The molecule has 5 aromatic rings. The van der Waals surface area contributed by atoms with E-state index in [1.165, 1.54) is 15.9 Å². The molecule has 0 saturated carbocycles. The highest BCUT2D eigenvalue weighted by Crippen LogP contribution is 2.39. The normalized spacial score (nSPS) is 23.5. The standard InChI is InChI=1S/C30H35N11O3/c1-2-41-38-27(37-39-41)25-23(42)24(43)29(44-25)40-17-33-22-26(35-30(36-28(22)40)34-20-13-14-31-15-20)32-16-21(18-9-5-3-6-10-18)19-11-7-4-8-12-19/h3-12,17,20-21,23-25,29,31,42-43H,2,13-16H2,1H3,(H2,32,34,35,36). The molecule has 2 aliphatic rings. The number of aliphatic hydroxyl groups is 2. The number of tetrazole rings is 1. The lowest BCUT2D eigenvalue weighted by Gasteiger charge is -2.20. The van der Waals surface area contributed by atoms with Gasteiger partial charge in [-0.15, -0.1) is 10.2 Å². The number of anilines is 2. The quantitative estimate of drug-likeness (QED) is 0.158. The Labute approximate surface area is 253 Å². The molecule has 2 aromatic carbocycles. The van der Waals surface area contributed by atoms with E-state index in [9.17, 15) is 10.2 Å². The van der Waals surface area contributed by atoms with Gasteiger partial charge in [-0.2, -0.15) is 14.8 Å². The number of benzene rings is 2. The van der Waals surface area contributed by atoms with E-state index in [4.69, 9.17) is 14.7 Å². The van der Waals surface area contributed by atoms with Crippen molar-refractivity contribution in [2.24, 2.45) is 0 Å². The predicted molar refractivity (Wildman–Crippen MR) is 162 cm³/mol. The molecule has 228 valence electrons. The van der Waals surface area contributed by atoms with Crippen LogP contribution in [0.3, 0.4) is 0 Å². The third kappa shape index (κ3) is 5.48. The van der Waals surface area contributed by atoms with E-state index >= 15 is 0 Å². The zero-order chi connectivity index (χ0) is 30.0. The van der Waals surface area contributed by atoms with Gasteiger partial charge in [-0.1, -0.05) is 60.7 Å². The first-order chi connectivity index (χ1) is 21.6.